The number of carboxylic acid groups (broad SMARTS) is 1. The maximum Gasteiger partial charge on any atom is 0.417 e. The molecular weight excluding hydrogens is 495 g/mol. The van der Waals surface area contributed by atoms with Crippen molar-refractivity contribution in [1.29, 1.82) is 5.26 Å². The van der Waals surface area contributed by atoms with Crippen LogP contribution in [0.2, 0.25) is 0 Å². The number of aliphatic carboxylic acids is 1. The predicted molar refractivity (Wildman–Crippen MR) is 137 cm³/mol. The third-order valence-corrected chi connectivity index (χ3v) is 6.63. The molecule has 38 heavy (non-hydrogen) atoms. The van der Waals surface area contributed by atoms with Gasteiger partial charge >= 0.3 is 12.1 Å². The van der Waals surface area contributed by atoms with Gasteiger partial charge in [-0.1, -0.05) is 42.8 Å². The Balaban J connectivity index is 1.74. The molecule has 1 saturated heterocycles. The molecule has 1 unspecified atom stereocenters. The van der Waals surface area contributed by atoms with Crippen LogP contribution >= 0.6 is 0 Å². The summed E-state index contributed by atoms with van der Waals surface area (Å²) in [4.78, 5) is 17.6. The number of hydrogen-bond donors (Lipinski definition) is 1. The van der Waals surface area contributed by atoms with Crippen molar-refractivity contribution in [3.8, 4) is 22.9 Å². The highest BCUT2D eigenvalue weighted by Crippen LogP contribution is 2.38. The zero-order chi connectivity index (χ0) is 27.3. The van der Waals surface area contributed by atoms with Gasteiger partial charge in [-0.2, -0.15) is 18.4 Å². The predicted octanol–water partition coefficient (Wildman–Crippen LogP) is 6.26. The lowest BCUT2D eigenvalue weighted by Crippen LogP contribution is -2.44. The van der Waals surface area contributed by atoms with Crippen molar-refractivity contribution < 1.29 is 27.8 Å². The fourth-order valence-electron chi connectivity index (χ4n) is 4.76. The zero-order valence-corrected chi connectivity index (χ0v) is 20.7. The Labute approximate surface area is 218 Å². The van der Waals surface area contributed by atoms with Crippen molar-refractivity contribution in [3.05, 3.63) is 82.7 Å². The summed E-state index contributed by atoms with van der Waals surface area (Å²) >= 11 is 0. The SMILES string of the molecule is COc1cc(/C=C/c2nccc(-c3ccccc3)c2C#N)c(C(F)(F)F)cc1CN1CCCCC1C(=O)O. The second-order valence-corrected chi connectivity index (χ2v) is 9.00. The van der Waals surface area contributed by atoms with Crippen LogP contribution in [0.3, 0.4) is 0 Å². The zero-order valence-electron chi connectivity index (χ0n) is 20.7. The minimum Gasteiger partial charge on any atom is -0.496 e. The molecule has 6 nitrogen and oxygen atoms in total. The molecule has 0 saturated carbocycles. The maximum atomic E-state index is 14.2. The molecule has 0 bridgehead atoms. The Bertz CT molecular complexity index is 1380. The lowest BCUT2D eigenvalue weighted by molar-refractivity contribution is -0.145. The van der Waals surface area contributed by atoms with Crippen LogP contribution in [-0.4, -0.2) is 40.7 Å². The van der Waals surface area contributed by atoms with Crippen molar-refractivity contribution in [2.45, 2.75) is 38.0 Å². The van der Waals surface area contributed by atoms with E-state index in [1.165, 1.54) is 31.5 Å². The van der Waals surface area contributed by atoms with Gasteiger partial charge in [0, 0.05) is 23.9 Å². The molecule has 1 atom stereocenters. The Kier molecular flexibility index (Phi) is 8.13. The Morgan fingerprint density at radius 2 is 1.97 bits per heavy atom. The minimum atomic E-state index is -4.67. The second-order valence-electron chi connectivity index (χ2n) is 9.00. The number of hydrogen-bond acceptors (Lipinski definition) is 5. The standard InChI is InChI=1S/C29H26F3N3O3/c1-38-27-16-20(10-11-25-23(17-33)22(12-13-34-25)19-7-3-2-4-8-19)24(29(30,31)32)15-21(27)18-35-14-6-5-9-26(35)28(36)37/h2-4,7-8,10-13,15-16,26H,5-6,9,14,18H2,1H3,(H,36,37)/b11-10+. The summed E-state index contributed by atoms with van der Waals surface area (Å²) in [5.74, 6) is -0.767. The number of piperidine rings is 1. The van der Waals surface area contributed by atoms with Gasteiger partial charge in [0.1, 0.15) is 17.9 Å². The van der Waals surface area contributed by atoms with E-state index in [0.717, 1.165) is 24.5 Å². The molecule has 0 radical (unpaired) electrons. The van der Waals surface area contributed by atoms with E-state index in [1.807, 2.05) is 30.3 Å². The van der Waals surface area contributed by atoms with Crippen LogP contribution in [-0.2, 0) is 17.5 Å². The Hall–Kier alpha value is -4.16. The number of nitrogens with zero attached hydrogens (tertiary/aromatic N) is 3. The second kappa shape index (κ2) is 11.5. The normalized spacial score (nSPS) is 16.3. The fraction of sp³-hybridized carbons (Fsp3) is 0.276. The molecule has 1 fully saturated rings. The summed E-state index contributed by atoms with van der Waals surface area (Å²) in [6.45, 7) is 0.496. The number of nitriles is 1. The molecule has 3 aromatic rings. The number of halogens is 3. The first-order chi connectivity index (χ1) is 18.2. The van der Waals surface area contributed by atoms with Gasteiger partial charge in [-0.3, -0.25) is 14.7 Å². The number of methoxy groups -OCH3 is 1. The Morgan fingerprint density at radius 3 is 2.63 bits per heavy atom. The first-order valence-electron chi connectivity index (χ1n) is 12.1. The molecule has 1 aromatic heterocycles. The van der Waals surface area contributed by atoms with Gasteiger partial charge < -0.3 is 9.84 Å². The van der Waals surface area contributed by atoms with Crippen molar-refractivity contribution in [1.82, 2.24) is 9.88 Å². The molecule has 9 heteroatoms. The van der Waals surface area contributed by atoms with Crippen LogP contribution < -0.4 is 4.74 Å². The van der Waals surface area contributed by atoms with Crippen molar-refractivity contribution in [3.63, 3.8) is 0 Å². The van der Waals surface area contributed by atoms with Gasteiger partial charge in [-0.15, -0.1) is 0 Å². The van der Waals surface area contributed by atoms with Crippen LogP contribution in [0.15, 0.2) is 54.7 Å². The van der Waals surface area contributed by atoms with Crippen molar-refractivity contribution in [2.24, 2.45) is 0 Å². The number of carbonyl (C=O) groups is 1. The molecule has 1 aliphatic rings. The first-order valence-corrected chi connectivity index (χ1v) is 12.1. The van der Waals surface area contributed by atoms with Crippen LogP contribution in [0.1, 0.15) is 47.2 Å². The fourth-order valence-corrected chi connectivity index (χ4v) is 4.76. The van der Waals surface area contributed by atoms with Crippen LogP contribution in [0, 0.1) is 11.3 Å². The van der Waals surface area contributed by atoms with E-state index in [4.69, 9.17) is 4.74 Å². The van der Waals surface area contributed by atoms with Crippen LogP contribution in [0.5, 0.6) is 5.75 Å². The topological polar surface area (TPSA) is 86.5 Å². The van der Waals surface area contributed by atoms with Gasteiger partial charge in [-0.05, 0) is 54.8 Å². The van der Waals surface area contributed by atoms with Crippen molar-refractivity contribution >= 4 is 18.1 Å². The minimum absolute atomic E-state index is 0.0203. The van der Waals surface area contributed by atoms with E-state index >= 15 is 0 Å². The quantitative estimate of drug-likeness (QED) is 0.395. The molecule has 2 aromatic carbocycles. The summed E-state index contributed by atoms with van der Waals surface area (Å²) in [7, 11) is 1.36. The monoisotopic (exact) mass is 521 g/mol. The highest BCUT2D eigenvalue weighted by molar-refractivity contribution is 5.79. The molecule has 4 rings (SSSR count). The molecule has 0 spiro atoms. The maximum absolute atomic E-state index is 14.2. The number of alkyl halides is 3. The number of benzene rings is 2. The molecule has 196 valence electrons. The number of pyridine rings is 1. The number of ether oxygens (including phenoxy) is 1. The van der Waals surface area contributed by atoms with Gasteiger partial charge in [0.2, 0.25) is 0 Å². The molecule has 0 amide bonds. The van der Waals surface area contributed by atoms with E-state index in [9.17, 15) is 28.3 Å². The summed E-state index contributed by atoms with van der Waals surface area (Å²) in [6, 6.07) is 14.6. The van der Waals surface area contributed by atoms with Crippen molar-refractivity contribution in [2.75, 3.05) is 13.7 Å². The Morgan fingerprint density at radius 1 is 1.21 bits per heavy atom. The molecular formula is C29H26F3N3O3. The lowest BCUT2D eigenvalue weighted by Gasteiger charge is -2.33. The number of aromatic nitrogens is 1. The van der Waals surface area contributed by atoms with Crippen LogP contribution in [0.25, 0.3) is 23.3 Å². The van der Waals surface area contributed by atoms with E-state index in [-0.39, 0.29) is 34.7 Å². The number of rotatable bonds is 7. The van der Waals surface area contributed by atoms with E-state index in [2.05, 4.69) is 11.1 Å². The first kappa shape index (κ1) is 26.9. The smallest absolute Gasteiger partial charge is 0.417 e. The molecule has 2 heterocycles. The highest BCUT2D eigenvalue weighted by Gasteiger charge is 2.35. The number of likely N-dealkylation sites (tertiary alicyclic amines) is 1. The summed E-state index contributed by atoms with van der Waals surface area (Å²) in [5, 5.41) is 19.4. The molecule has 1 N–H and O–H groups in total. The number of carboxylic acids is 1. The van der Waals surface area contributed by atoms with Gasteiger partial charge in [0.05, 0.1) is 23.9 Å². The van der Waals surface area contributed by atoms with E-state index in [1.54, 1.807) is 11.0 Å². The molecule has 1 aliphatic heterocycles. The summed E-state index contributed by atoms with van der Waals surface area (Å²) in [6.07, 6.45) is 1.47. The third kappa shape index (κ3) is 5.87. The lowest BCUT2D eigenvalue weighted by atomic mass is 9.97. The van der Waals surface area contributed by atoms with Crippen LogP contribution in [0.4, 0.5) is 13.2 Å². The van der Waals surface area contributed by atoms with Gasteiger partial charge in [-0.25, -0.2) is 0 Å². The third-order valence-electron chi connectivity index (χ3n) is 6.63. The average molecular weight is 522 g/mol. The van der Waals surface area contributed by atoms with Gasteiger partial charge in [0.15, 0.2) is 0 Å². The molecule has 0 aliphatic carbocycles. The highest BCUT2D eigenvalue weighted by atomic mass is 19.4. The summed E-state index contributed by atoms with van der Waals surface area (Å²) < 4.78 is 47.9. The summed E-state index contributed by atoms with van der Waals surface area (Å²) in [5.41, 5.74) is 1.13. The van der Waals surface area contributed by atoms with E-state index in [0.29, 0.717) is 18.5 Å². The average Bonchev–Trinajstić information content (AvgIpc) is 2.91. The van der Waals surface area contributed by atoms with E-state index < -0.39 is 23.8 Å². The largest absolute Gasteiger partial charge is 0.496 e. The van der Waals surface area contributed by atoms with Gasteiger partial charge in [0.25, 0.3) is 0 Å².